The molecule has 9 nitrogen and oxygen atoms in total. The molecule has 0 aromatic heterocycles. The Labute approximate surface area is 264 Å². The molecule has 1 fully saturated rings. The van der Waals surface area contributed by atoms with Crippen molar-refractivity contribution >= 4 is 46.6 Å². The fourth-order valence-electron chi connectivity index (χ4n) is 6.73. The molecule has 0 saturated heterocycles. The van der Waals surface area contributed by atoms with Crippen LogP contribution < -0.4 is 15.1 Å². The summed E-state index contributed by atoms with van der Waals surface area (Å²) in [4.78, 5) is 71.2. The number of benzene rings is 4. The normalized spacial score (nSPS) is 18.6. The van der Waals surface area contributed by atoms with Gasteiger partial charge >= 0.3 is 0 Å². The summed E-state index contributed by atoms with van der Waals surface area (Å²) in [6, 6.07) is 26.0. The van der Waals surface area contributed by atoms with Crippen molar-refractivity contribution in [1.29, 1.82) is 0 Å². The van der Waals surface area contributed by atoms with Crippen molar-refractivity contribution in [1.82, 2.24) is 4.90 Å². The van der Waals surface area contributed by atoms with Gasteiger partial charge in [-0.15, -0.1) is 0 Å². The monoisotopic (exact) mass is 616 g/mol. The van der Waals surface area contributed by atoms with Crippen LogP contribution in [-0.2, 0) is 16.1 Å². The number of para-hydroxylation sites is 2. The maximum atomic E-state index is 14.1. The van der Waals surface area contributed by atoms with E-state index in [-0.39, 0.29) is 29.1 Å². The second-order valence-electron chi connectivity index (χ2n) is 11.7. The first kappa shape index (κ1) is 29.1. The third-order valence-corrected chi connectivity index (χ3v) is 8.94. The minimum Gasteiger partial charge on any atom is -0.322 e. The van der Waals surface area contributed by atoms with E-state index in [1.54, 1.807) is 88.7 Å². The second-order valence-corrected chi connectivity index (χ2v) is 11.7. The van der Waals surface area contributed by atoms with Gasteiger partial charge in [-0.2, -0.15) is 0 Å². The van der Waals surface area contributed by atoms with Gasteiger partial charge in [0.05, 0.1) is 40.5 Å². The van der Waals surface area contributed by atoms with Gasteiger partial charge in [-0.3, -0.25) is 28.9 Å². The van der Waals surface area contributed by atoms with Gasteiger partial charge in [0.15, 0.2) is 0 Å². The van der Waals surface area contributed by atoms with E-state index < -0.39 is 48.0 Å². The van der Waals surface area contributed by atoms with Crippen LogP contribution in [0.3, 0.4) is 0 Å². The number of halogens is 1. The summed E-state index contributed by atoms with van der Waals surface area (Å²) in [5, 5.41) is 2.70. The number of imide groups is 1. The summed E-state index contributed by atoms with van der Waals surface area (Å²) in [5.41, 5.74) is 2.83. The topological polar surface area (TPSA) is 107 Å². The average molecular weight is 617 g/mol. The lowest BCUT2D eigenvalue weighted by molar-refractivity contribution is -0.123. The highest BCUT2D eigenvalue weighted by Gasteiger charge is 2.47. The van der Waals surface area contributed by atoms with Gasteiger partial charge in [0.25, 0.3) is 17.7 Å². The molecule has 2 aliphatic heterocycles. The molecule has 4 aromatic carbocycles. The molecule has 0 radical (unpaired) electrons. The zero-order chi connectivity index (χ0) is 31.9. The quantitative estimate of drug-likeness (QED) is 0.291. The average Bonchev–Trinajstić information content (AvgIpc) is 3.61. The fraction of sp³-hybridized carbons (Fsp3) is 0.194. The summed E-state index contributed by atoms with van der Waals surface area (Å²) >= 11 is 0. The van der Waals surface area contributed by atoms with Gasteiger partial charge in [-0.25, -0.2) is 4.39 Å². The SMILES string of the molecule is O=C(Nc1ccc(CN2C(=O)C3CCCC3N(C(=O)CN3C(=O)c4ccccc4C3=O)c3ccccc32)cc1)c1ccccc1F. The van der Waals surface area contributed by atoms with Crippen LogP contribution in [0.1, 0.15) is 55.9 Å². The summed E-state index contributed by atoms with van der Waals surface area (Å²) in [6.07, 6.45) is 1.97. The number of anilines is 3. The molecule has 5 amide bonds. The maximum Gasteiger partial charge on any atom is 0.262 e. The molecular formula is C36H29FN4O5. The molecule has 0 spiro atoms. The van der Waals surface area contributed by atoms with E-state index in [0.717, 1.165) is 16.9 Å². The molecule has 4 aromatic rings. The smallest absolute Gasteiger partial charge is 0.262 e. The Balaban J connectivity index is 1.15. The Morgan fingerprint density at radius 1 is 0.739 bits per heavy atom. The lowest BCUT2D eigenvalue weighted by atomic mass is 10.0. The number of carbonyl (C=O) groups is 5. The minimum atomic E-state index is -0.614. The number of nitrogens with one attached hydrogen (secondary N) is 1. The van der Waals surface area contributed by atoms with E-state index in [9.17, 15) is 28.4 Å². The molecular weight excluding hydrogens is 587 g/mol. The lowest BCUT2D eigenvalue weighted by Crippen LogP contribution is -2.49. The van der Waals surface area contributed by atoms with E-state index in [2.05, 4.69) is 5.32 Å². The summed E-state index contributed by atoms with van der Waals surface area (Å²) in [7, 11) is 0. The van der Waals surface area contributed by atoms with E-state index in [1.165, 1.54) is 18.2 Å². The Hall–Kier alpha value is -5.64. The largest absolute Gasteiger partial charge is 0.322 e. The zero-order valence-corrected chi connectivity index (χ0v) is 24.7. The molecule has 2 heterocycles. The maximum absolute atomic E-state index is 14.1. The van der Waals surface area contributed by atoms with Crippen molar-refractivity contribution in [2.24, 2.45) is 5.92 Å². The van der Waals surface area contributed by atoms with Gasteiger partial charge in [0.2, 0.25) is 11.8 Å². The molecule has 230 valence electrons. The standard InChI is InChI=1S/C36H29FN4O5/c37-28-12-4-3-10-26(28)33(43)38-23-18-16-22(17-19-23)20-39-30-13-5-6-14-31(30)41(29-15-7-11-27(29)36(39)46)32(42)21-40-34(44)24-8-1-2-9-25(24)35(40)45/h1-6,8-10,12-14,16-19,27,29H,7,11,15,20-21H2,(H,38,43). The van der Waals surface area contributed by atoms with E-state index in [1.807, 2.05) is 0 Å². The Kier molecular flexibility index (Phi) is 7.40. The van der Waals surface area contributed by atoms with Crippen molar-refractivity contribution in [3.8, 4) is 0 Å². The van der Waals surface area contributed by atoms with Crippen molar-refractivity contribution < 1.29 is 28.4 Å². The number of carbonyl (C=O) groups excluding carboxylic acids is 5. The van der Waals surface area contributed by atoms with Crippen molar-refractivity contribution in [2.45, 2.75) is 31.8 Å². The van der Waals surface area contributed by atoms with Crippen LogP contribution in [0.15, 0.2) is 97.1 Å². The molecule has 7 rings (SSSR count). The molecule has 46 heavy (non-hydrogen) atoms. The molecule has 2 unspecified atom stereocenters. The summed E-state index contributed by atoms with van der Waals surface area (Å²) in [6.45, 7) is -0.223. The van der Waals surface area contributed by atoms with Crippen LogP contribution in [0, 0.1) is 11.7 Å². The van der Waals surface area contributed by atoms with Crippen LogP contribution in [-0.4, -0.2) is 47.0 Å². The lowest BCUT2D eigenvalue weighted by Gasteiger charge is -2.31. The van der Waals surface area contributed by atoms with Crippen molar-refractivity contribution in [2.75, 3.05) is 21.7 Å². The van der Waals surface area contributed by atoms with Crippen molar-refractivity contribution in [3.05, 3.63) is 125 Å². The van der Waals surface area contributed by atoms with Crippen molar-refractivity contribution in [3.63, 3.8) is 0 Å². The molecule has 1 aliphatic carbocycles. The first-order valence-electron chi connectivity index (χ1n) is 15.1. The van der Waals surface area contributed by atoms with Crippen LogP contribution in [0.5, 0.6) is 0 Å². The highest BCUT2D eigenvalue weighted by molar-refractivity contribution is 6.23. The molecule has 3 aliphatic rings. The molecule has 1 N–H and O–H groups in total. The minimum absolute atomic E-state index is 0.0634. The number of nitrogens with zero attached hydrogens (tertiary/aromatic N) is 3. The zero-order valence-electron chi connectivity index (χ0n) is 24.7. The molecule has 10 heteroatoms. The third-order valence-electron chi connectivity index (χ3n) is 8.94. The summed E-state index contributed by atoms with van der Waals surface area (Å²) in [5.74, 6) is -3.20. The van der Waals surface area contributed by atoms with Crippen LogP contribution in [0.2, 0.25) is 0 Å². The number of hydrogen-bond acceptors (Lipinski definition) is 5. The van der Waals surface area contributed by atoms with Crippen LogP contribution in [0.25, 0.3) is 0 Å². The van der Waals surface area contributed by atoms with Gasteiger partial charge in [0.1, 0.15) is 12.4 Å². The molecule has 0 bridgehead atoms. The number of rotatable bonds is 6. The van der Waals surface area contributed by atoms with Crippen LogP contribution in [0.4, 0.5) is 21.5 Å². The van der Waals surface area contributed by atoms with Gasteiger partial charge in [-0.05, 0) is 66.9 Å². The van der Waals surface area contributed by atoms with E-state index >= 15 is 0 Å². The predicted octanol–water partition coefficient (Wildman–Crippen LogP) is 5.42. The van der Waals surface area contributed by atoms with Gasteiger partial charge in [0, 0.05) is 11.7 Å². The third kappa shape index (κ3) is 5.01. The first-order chi connectivity index (χ1) is 22.3. The second kappa shape index (κ2) is 11.7. The number of amides is 5. The highest BCUT2D eigenvalue weighted by atomic mass is 19.1. The number of hydrogen-bond donors (Lipinski definition) is 1. The Morgan fingerprint density at radius 3 is 2.07 bits per heavy atom. The highest BCUT2D eigenvalue weighted by Crippen LogP contribution is 2.43. The Bertz CT molecular complexity index is 1870. The van der Waals surface area contributed by atoms with Gasteiger partial charge in [-0.1, -0.05) is 55.0 Å². The molecule has 1 saturated carbocycles. The fourth-order valence-corrected chi connectivity index (χ4v) is 6.73. The van der Waals surface area contributed by atoms with Gasteiger partial charge < -0.3 is 15.1 Å². The van der Waals surface area contributed by atoms with E-state index in [4.69, 9.17) is 0 Å². The first-order valence-corrected chi connectivity index (χ1v) is 15.1. The van der Waals surface area contributed by atoms with Crippen LogP contribution >= 0.6 is 0 Å². The predicted molar refractivity (Wildman–Crippen MR) is 169 cm³/mol. The Morgan fingerprint density at radius 2 is 1.37 bits per heavy atom. The molecule has 2 atom stereocenters. The number of fused-ring (bicyclic) bond motifs is 3. The summed E-state index contributed by atoms with van der Waals surface area (Å²) < 4.78 is 14.1. The van der Waals surface area contributed by atoms with E-state index in [0.29, 0.717) is 29.9 Å².